The second kappa shape index (κ2) is 11.2. The molecule has 0 amide bonds. The fourth-order valence-corrected chi connectivity index (χ4v) is 8.08. The minimum Gasteiger partial charge on any atom is -0.309 e. The summed E-state index contributed by atoms with van der Waals surface area (Å²) in [7, 11) is 0. The Morgan fingerprint density at radius 2 is 0.942 bits per heavy atom. The van der Waals surface area contributed by atoms with E-state index >= 15 is 0 Å². The van der Waals surface area contributed by atoms with Crippen molar-refractivity contribution in [2.24, 2.45) is 0 Å². The van der Waals surface area contributed by atoms with Crippen LogP contribution in [0.5, 0.6) is 0 Å². The number of aromatic nitrogens is 4. The molecule has 0 aliphatic carbocycles. The molecule has 0 unspecified atom stereocenters. The van der Waals surface area contributed by atoms with E-state index in [1.165, 1.54) is 27.1 Å². The van der Waals surface area contributed by atoms with Crippen molar-refractivity contribution >= 4 is 60.2 Å². The molecule has 242 valence electrons. The van der Waals surface area contributed by atoms with Gasteiger partial charge in [-0.2, -0.15) is 0 Å². The highest BCUT2D eigenvalue weighted by Crippen LogP contribution is 2.40. The molecule has 0 spiro atoms. The molecule has 4 nitrogen and oxygen atoms in total. The van der Waals surface area contributed by atoms with Crippen molar-refractivity contribution in [3.05, 3.63) is 182 Å². The summed E-state index contributed by atoms with van der Waals surface area (Å²) in [5.41, 5.74) is 14.0. The maximum Gasteiger partial charge on any atom is 0.146 e. The average molecular weight is 663 g/mol. The Kier molecular flexibility index (Phi) is 6.22. The Morgan fingerprint density at radius 1 is 0.327 bits per heavy atom. The Balaban J connectivity index is 1.18. The van der Waals surface area contributed by atoms with Gasteiger partial charge in [0.15, 0.2) is 0 Å². The second-order valence-electron chi connectivity index (χ2n) is 13.5. The lowest BCUT2D eigenvalue weighted by Gasteiger charge is -2.13. The number of nitrogens with zero attached hydrogens (tertiary/aromatic N) is 4. The van der Waals surface area contributed by atoms with Crippen molar-refractivity contribution in [1.29, 1.82) is 0 Å². The van der Waals surface area contributed by atoms with Crippen LogP contribution in [0.3, 0.4) is 0 Å². The molecule has 7 aromatic carbocycles. The molecule has 11 rings (SSSR count). The van der Waals surface area contributed by atoms with Crippen LogP contribution in [0, 0.1) is 0 Å². The van der Waals surface area contributed by atoms with E-state index in [2.05, 4.69) is 185 Å². The first-order valence-corrected chi connectivity index (χ1v) is 17.7. The lowest BCUT2D eigenvalue weighted by atomic mass is 10.00. The molecule has 0 saturated heterocycles. The number of pyridine rings is 2. The van der Waals surface area contributed by atoms with Crippen molar-refractivity contribution in [2.45, 2.75) is 0 Å². The molecule has 0 aliphatic heterocycles. The van der Waals surface area contributed by atoms with Gasteiger partial charge >= 0.3 is 0 Å². The third kappa shape index (κ3) is 4.34. The van der Waals surface area contributed by atoms with Gasteiger partial charge in [0, 0.05) is 38.4 Å². The summed E-state index contributed by atoms with van der Waals surface area (Å²) < 4.78 is 4.73. The van der Waals surface area contributed by atoms with Gasteiger partial charge in [-0.1, -0.05) is 121 Å². The first-order valence-electron chi connectivity index (χ1n) is 17.7. The maximum absolute atomic E-state index is 5.25. The normalized spacial score (nSPS) is 11.8. The Morgan fingerprint density at radius 3 is 1.73 bits per heavy atom. The first-order chi connectivity index (χ1) is 25.8. The molecule has 11 aromatic rings. The lowest BCUT2D eigenvalue weighted by molar-refractivity contribution is 1.18. The van der Waals surface area contributed by atoms with E-state index in [0.29, 0.717) is 0 Å². The molecule has 0 radical (unpaired) electrons. The van der Waals surface area contributed by atoms with Gasteiger partial charge < -0.3 is 4.57 Å². The molecule has 0 N–H and O–H groups in total. The van der Waals surface area contributed by atoms with Crippen LogP contribution < -0.4 is 0 Å². The summed E-state index contributed by atoms with van der Waals surface area (Å²) in [5.74, 6) is 0. The van der Waals surface area contributed by atoms with Crippen LogP contribution in [0.4, 0.5) is 0 Å². The number of hydrogen-bond acceptors (Lipinski definition) is 2. The Bertz CT molecular complexity index is 3110. The summed E-state index contributed by atoms with van der Waals surface area (Å²) in [4.78, 5) is 10.5. The molecule has 0 fully saturated rings. The van der Waals surface area contributed by atoms with Gasteiger partial charge in [-0.05, 0) is 77.2 Å². The van der Waals surface area contributed by atoms with Crippen LogP contribution in [-0.2, 0) is 0 Å². The molecule has 52 heavy (non-hydrogen) atoms. The second-order valence-corrected chi connectivity index (χ2v) is 13.5. The van der Waals surface area contributed by atoms with Crippen molar-refractivity contribution in [3.63, 3.8) is 0 Å². The average Bonchev–Trinajstić information content (AvgIpc) is 3.77. The zero-order chi connectivity index (χ0) is 34.2. The maximum atomic E-state index is 5.25. The number of rotatable bonds is 4. The summed E-state index contributed by atoms with van der Waals surface area (Å²) >= 11 is 0. The molecule has 4 aromatic heterocycles. The number of hydrogen-bond donors (Lipinski definition) is 0. The van der Waals surface area contributed by atoms with Crippen LogP contribution in [-0.4, -0.2) is 18.9 Å². The Hall–Kier alpha value is -7.04. The standard InChI is InChI=1S/C48H30N4/c1-3-14-31(15-4-1)34-27-42(32-16-5-2-6-17-32)49-43(28-34)33-18-13-19-35(26-33)51-44-23-10-8-21-37(44)39-29-38-36-20-7-11-24-45(36)52-46-25-12-9-22-41(46)50-48(52)40(38)30-47(39)51/h1-30H. The highest BCUT2D eigenvalue weighted by molar-refractivity contribution is 6.21. The molecule has 0 atom stereocenters. The van der Waals surface area contributed by atoms with Crippen LogP contribution in [0.1, 0.15) is 0 Å². The van der Waals surface area contributed by atoms with Crippen molar-refractivity contribution in [2.75, 3.05) is 0 Å². The largest absolute Gasteiger partial charge is 0.309 e. The van der Waals surface area contributed by atoms with E-state index in [1.807, 2.05) is 6.07 Å². The molecule has 0 bridgehead atoms. The zero-order valence-electron chi connectivity index (χ0n) is 28.1. The predicted octanol–water partition coefficient (Wildman–Crippen LogP) is 12.3. The molecular weight excluding hydrogens is 633 g/mol. The van der Waals surface area contributed by atoms with E-state index in [0.717, 1.165) is 72.4 Å². The highest BCUT2D eigenvalue weighted by atomic mass is 15.0. The molecule has 0 saturated carbocycles. The van der Waals surface area contributed by atoms with Gasteiger partial charge in [0.25, 0.3) is 0 Å². The van der Waals surface area contributed by atoms with E-state index in [1.54, 1.807) is 0 Å². The van der Waals surface area contributed by atoms with Crippen LogP contribution in [0.15, 0.2) is 182 Å². The van der Waals surface area contributed by atoms with E-state index in [4.69, 9.17) is 9.97 Å². The van der Waals surface area contributed by atoms with E-state index in [-0.39, 0.29) is 0 Å². The lowest BCUT2D eigenvalue weighted by Crippen LogP contribution is -1.96. The topological polar surface area (TPSA) is 35.1 Å². The third-order valence-corrected chi connectivity index (χ3v) is 10.5. The Labute approximate surface area is 299 Å². The number of fused-ring (bicyclic) bond motifs is 11. The summed E-state index contributed by atoms with van der Waals surface area (Å²) in [6, 6.07) is 64.8. The van der Waals surface area contributed by atoms with Gasteiger partial charge in [-0.15, -0.1) is 0 Å². The van der Waals surface area contributed by atoms with Crippen LogP contribution >= 0.6 is 0 Å². The smallest absolute Gasteiger partial charge is 0.146 e. The van der Waals surface area contributed by atoms with Gasteiger partial charge in [0.1, 0.15) is 5.65 Å². The quantitative estimate of drug-likeness (QED) is 0.176. The molecule has 0 aliphatic rings. The van der Waals surface area contributed by atoms with Gasteiger partial charge in [-0.3, -0.25) is 4.40 Å². The van der Waals surface area contributed by atoms with Crippen molar-refractivity contribution < 1.29 is 0 Å². The van der Waals surface area contributed by atoms with Gasteiger partial charge in [-0.25, -0.2) is 9.97 Å². The van der Waals surface area contributed by atoms with Crippen molar-refractivity contribution in [1.82, 2.24) is 18.9 Å². The van der Waals surface area contributed by atoms with Crippen LogP contribution in [0.2, 0.25) is 0 Å². The fourth-order valence-electron chi connectivity index (χ4n) is 8.08. The minimum atomic E-state index is 0.936. The first kappa shape index (κ1) is 28.8. The van der Waals surface area contributed by atoms with E-state index < -0.39 is 0 Å². The minimum absolute atomic E-state index is 0.936. The number of para-hydroxylation sites is 4. The number of benzene rings is 7. The van der Waals surface area contributed by atoms with Gasteiger partial charge in [0.2, 0.25) is 0 Å². The molecule has 4 heterocycles. The summed E-state index contributed by atoms with van der Waals surface area (Å²) in [5, 5.41) is 5.99. The van der Waals surface area contributed by atoms with Crippen molar-refractivity contribution in [3.8, 4) is 39.3 Å². The third-order valence-electron chi connectivity index (χ3n) is 10.5. The summed E-state index contributed by atoms with van der Waals surface area (Å²) in [6.07, 6.45) is 0. The SMILES string of the molecule is c1ccc(-c2cc(-c3ccccc3)nc(-c3cccc(-n4c5ccccc5c5cc6c7ccccc7n7c8ccccc8nc7c6cc54)c3)c2)cc1. The molecular formula is C48H30N4. The number of imidazole rings is 1. The monoisotopic (exact) mass is 662 g/mol. The zero-order valence-corrected chi connectivity index (χ0v) is 28.1. The fraction of sp³-hybridized carbons (Fsp3) is 0. The predicted molar refractivity (Wildman–Crippen MR) is 216 cm³/mol. The van der Waals surface area contributed by atoms with Crippen LogP contribution in [0.25, 0.3) is 99.5 Å². The summed E-state index contributed by atoms with van der Waals surface area (Å²) in [6.45, 7) is 0. The van der Waals surface area contributed by atoms with Gasteiger partial charge in [0.05, 0.1) is 39.0 Å². The molecule has 4 heteroatoms. The van der Waals surface area contributed by atoms with E-state index in [9.17, 15) is 0 Å². The highest BCUT2D eigenvalue weighted by Gasteiger charge is 2.19.